The molecule has 4 nitrogen and oxygen atoms in total. The summed E-state index contributed by atoms with van der Waals surface area (Å²) in [4.78, 5) is 26.4. The fourth-order valence-electron chi connectivity index (χ4n) is 1.57. The topological polar surface area (TPSA) is 40.6 Å². The van der Waals surface area contributed by atoms with Crippen LogP contribution in [0.2, 0.25) is 0 Å². The van der Waals surface area contributed by atoms with Crippen molar-refractivity contribution in [3.63, 3.8) is 0 Å². The molecule has 0 bridgehead atoms. The van der Waals surface area contributed by atoms with Gasteiger partial charge in [0, 0.05) is 39.3 Å². The van der Waals surface area contributed by atoms with Gasteiger partial charge in [0.15, 0.2) is 12.1 Å². The molecule has 0 aromatic heterocycles. The zero-order chi connectivity index (χ0) is 12.1. The van der Waals surface area contributed by atoms with Gasteiger partial charge in [0.05, 0.1) is 5.57 Å². The highest BCUT2D eigenvalue weighted by Crippen LogP contribution is 2.25. The molecule has 0 N–H and O–H groups in total. The monoisotopic (exact) mass is 224 g/mol. The molecule has 1 saturated carbocycles. The summed E-state index contributed by atoms with van der Waals surface area (Å²) >= 11 is 0. The molecule has 1 rings (SSSR count). The van der Waals surface area contributed by atoms with Crippen molar-refractivity contribution in [1.29, 1.82) is 0 Å². The fraction of sp³-hybridized carbons (Fsp3) is 0.667. The van der Waals surface area contributed by atoms with Crippen LogP contribution < -0.4 is 0 Å². The predicted molar refractivity (Wildman–Crippen MR) is 63.1 cm³/mol. The Kier molecular flexibility index (Phi) is 4.68. The second-order valence-electron chi connectivity index (χ2n) is 4.55. The SMILES string of the molecule is CN(C)/C=C(/C=O)C(=O)CCN(C)C1CC1. The third-order valence-electron chi connectivity index (χ3n) is 2.71. The van der Waals surface area contributed by atoms with Crippen LogP contribution >= 0.6 is 0 Å². The first-order chi connectivity index (χ1) is 7.54. The van der Waals surface area contributed by atoms with Crippen LogP contribution in [0.3, 0.4) is 0 Å². The minimum Gasteiger partial charge on any atom is -0.383 e. The maximum Gasteiger partial charge on any atom is 0.168 e. The molecule has 0 radical (unpaired) electrons. The van der Waals surface area contributed by atoms with Crippen molar-refractivity contribution in [2.75, 3.05) is 27.7 Å². The molecule has 90 valence electrons. The van der Waals surface area contributed by atoms with Gasteiger partial charge < -0.3 is 9.80 Å². The Morgan fingerprint density at radius 2 is 1.94 bits per heavy atom. The Labute approximate surface area is 96.9 Å². The van der Waals surface area contributed by atoms with E-state index in [9.17, 15) is 9.59 Å². The molecule has 0 amide bonds. The molecule has 0 heterocycles. The lowest BCUT2D eigenvalue weighted by atomic mass is 10.1. The van der Waals surface area contributed by atoms with Crippen molar-refractivity contribution >= 4 is 12.1 Å². The standard InChI is InChI=1S/C12H20N2O2/c1-13(2)8-10(9-15)12(16)6-7-14(3)11-4-5-11/h8-9,11H,4-7H2,1-3H3/b10-8-. The van der Waals surface area contributed by atoms with E-state index in [0.717, 1.165) is 6.54 Å². The minimum atomic E-state index is -0.0730. The first-order valence-corrected chi connectivity index (χ1v) is 5.61. The number of carbonyl (C=O) groups excluding carboxylic acids is 2. The van der Waals surface area contributed by atoms with Crippen molar-refractivity contribution in [3.05, 3.63) is 11.8 Å². The van der Waals surface area contributed by atoms with Crippen LogP contribution in [0.1, 0.15) is 19.3 Å². The number of allylic oxidation sites excluding steroid dienone is 1. The Bertz CT molecular complexity index is 293. The van der Waals surface area contributed by atoms with Gasteiger partial charge in [-0.2, -0.15) is 0 Å². The fourth-order valence-corrected chi connectivity index (χ4v) is 1.57. The van der Waals surface area contributed by atoms with Gasteiger partial charge in [-0.25, -0.2) is 0 Å². The summed E-state index contributed by atoms with van der Waals surface area (Å²) in [5, 5.41) is 0. The lowest BCUT2D eigenvalue weighted by Gasteiger charge is -2.14. The largest absolute Gasteiger partial charge is 0.383 e. The predicted octanol–water partition coefficient (Wildman–Crippen LogP) is 0.684. The molecule has 1 fully saturated rings. The summed E-state index contributed by atoms with van der Waals surface area (Å²) < 4.78 is 0. The Balaban J connectivity index is 2.39. The number of nitrogens with zero attached hydrogens (tertiary/aromatic N) is 2. The Hall–Kier alpha value is -1.16. The highest BCUT2D eigenvalue weighted by molar-refractivity contribution is 6.11. The third-order valence-corrected chi connectivity index (χ3v) is 2.71. The van der Waals surface area contributed by atoms with Crippen LogP contribution in [0.4, 0.5) is 0 Å². The second kappa shape index (κ2) is 5.80. The van der Waals surface area contributed by atoms with E-state index >= 15 is 0 Å². The lowest BCUT2D eigenvalue weighted by Crippen LogP contribution is -2.24. The quantitative estimate of drug-likeness (QED) is 0.276. The molecule has 0 aromatic rings. The smallest absolute Gasteiger partial charge is 0.168 e. The summed E-state index contributed by atoms with van der Waals surface area (Å²) in [6.45, 7) is 0.738. The van der Waals surface area contributed by atoms with Crippen LogP contribution in [-0.2, 0) is 9.59 Å². The first kappa shape index (κ1) is 12.9. The van der Waals surface area contributed by atoms with Gasteiger partial charge in [-0.1, -0.05) is 0 Å². The van der Waals surface area contributed by atoms with Crippen molar-refractivity contribution in [1.82, 2.24) is 9.80 Å². The van der Waals surface area contributed by atoms with E-state index in [0.29, 0.717) is 18.7 Å². The number of carbonyl (C=O) groups is 2. The van der Waals surface area contributed by atoms with Crippen LogP contribution in [0.5, 0.6) is 0 Å². The molecule has 0 saturated heterocycles. The molecule has 0 spiro atoms. The second-order valence-corrected chi connectivity index (χ2v) is 4.55. The molecule has 1 aliphatic carbocycles. The average Bonchev–Trinajstić information content (AvgIpc) is 3.05. The molecule has 0 unspecified atom stereocenters. The summed E-state index contributed by atoms with van der Waals surface area (Å²) in [5.74, 6) is -0.0730. The Morgan fingerprint density at radius 3 is 2.38 bits per heavy atom. The normalized spacial score (nSPS) is 16.4. The number of hydrogen-bond acceptors (Lipinski definition) is 4. The van der Waals surface area contributed by atoms with Gasteiger partial charge in [-0.15, -0.1) is 0 Å². The first-order valence-electron chi connectivity index (χ1n) is 5.61. The van der Waals surface area contributed by atoms with Crippen LogP contribution in [0.15, 0.2) is 11.8 Å². The molecular weight excluding hydrogens is 204 g/mol. The molecule has 4 heteroatoms. The summed E-state index contributed by atoms with van der Waals surface area (Å²) in [7, 11) is 5.63. The van der Waals surface area contributed by atoms with Gasteiger partial charge in [0.25, 0.3) is 0 Å². The van der Waals surface area contributed by atoms with E-state index in [4.69, 9.17) is 0 Å². The minimum absolute atomic E-state index is 0.0730. The van der Waals surface area contributed by atoms with E-state index in [2.05, 4.69) is 4.90 Å². The summed E-state index contributed by atoms with van der Waals surface area (Å²) in [6.07, 6.45) is 5.11. The van der Waals surface area contributed by atoms with E-state index in [1.54, 1.807) is 25.2 Å². The van der Waals surface area contributed by atoms with Gasteiger partial charge in [0.1, 0.15) is 0 Å². The highest BCUT2D eigenvalue weighted by atomic mass is 16.1. The van der Waals surface area contributed by atoms with Crippen LogP contribution in [0, 0.1) is 0 Å². The number of aldehydes is 1. The lowest BCUT2D eigenvalue weighted by molar-refractivity contribution is -0.117. The number of rotatable bonds is 7. The molecular formula is C12H20N2O2. The third kappa shape index (κ3) is 4.14. The van der Waals surface area contributed by atoms with E-state index < -0.39 is 0 Å². The molecule has 0 atom stereocenters. The van der Waals surface area contributed by atoms with Crippen molar-refractivity contribution in [3.8, 4) is 0 Å². The zero-order valence-corrected chi connectivity index (χ0v) is 10.3. The average molecular weight is 224 g/mol. The van der Waals surface area contributed by atoms with Gasteiger partial charge >= 0.3 is 0 Å². The van der Waals surface area contributed by atoms with Gasteiger partial charge in [0.2, 0.25) is 0 Å². The highest BCUT2D eigenvalue weighted by Gasteiger charge is 2.26. The maximum atomic E-state index is 11.7. The van der Waals surface area contributed by atoms with Crippen LogP contribution in [-0.4, -0.2) is 55.6 Å². The van der Waals surface area contributed by atoms with Crippen LogP contribution in [0.25, 0.3) is 0 Å². The van der Waals surface area contributed by atoms with E-state index in [1.807, 2.05) is 7.05 Å². The molecule has 0 aliphatic heterocycles. The number of hydrogen-bond donors (Lipinski definition) is 0. The number of Topliss-reactive ketones (excluding diaryl/α,β-unsaturated/α-hetero) is 1. The van der Waals surface area contributed by atoms with Crippen molar-refractivity contribution in [2.45, 2.75) is 25.3 Å². The molecule has 16 heavy (non-hydrogen) atoms. The molecule has 1 aliphatic rings. The molecule has 0 aromatic carbocycles. The van der Waals surface area contributed by atoms with E-state index in [-0.39, 0.29) is 11.4 Å². The van der Waals surface area contributed by atoms with E-state index in [1.165, 1.54) is 12.8 Å². The number of ketones is 1. The summed E-state index contributed by atoms with van der Waals surface area (Å²) in [5.41, 5.74) is 0.259. The van der Waals surface area contributed by atoms with Gasteiger partial charge in [-0.05, 0) is 19.9 Å². The maximum absolute atomic E-state index is 11.7. The van der Waals surface area contributed by atoms with Crippen molar-refractivity contribution in [2.24, 2.45) is 0 Å². The Morgan fingerprint density at radius 1 is 1.31 bits per heavy atom. The zero-order valence-electron chi connectivity index (χ0n) is 10.3. The summed E-state index contributed by atoms with van der Waals surface area (Å²) in [6, 6.07) is 0.658. The van der Waals surface area contributed by atoms with Gasteiger partial charge in [-0.3, -0.25) is 9.59 Å². The van der Waals surface area contributed by atoms with Crippen molar-refractivity contribution < 1.29 is 9.59 Å².